The molecule has 4 rings (SSSR count). The van der Waals surface area contributed by atoms with Crippen LogP contribution in [-0.2, 0) is 16.6 Å². The molecule has 4 aromatic rings. The molecule has 0 aliphatic heterocycles. The zero-order valence-electron chi connectivity index (χ0n) is 20.6. The molecule has 2 heterocycles. The lowest BCUT2D eigenvalue weighted by Crippen LogP contribution is -2.33. The summed E-state index contributed by atoms with van der Waals surface area (Å²) in [5, 5.41) is 3.34. The van der Waals surface area contributed by atoms with Crippen molar-refractivity contribution in [2.75, 3.05) is 22.5 Å². The average molecular weight is 583 g/mol. The molecule has 0 radical (unpaired) electrons. The van der Waals surface area contributed by atoms with E-state index >= 15 is 4.39 Å². The van der Waals surface area contributed by atoms with Crippen molar-refractivity contribution in [2.45, 2.75) is 26.3 Å². The lowest BCUT2D eigenvalue weighted by molar-refractivity contribution is 0.102. The molecule has 2 aromatic heterocycles. The summed E-state index contributed by atoms with van der Waals surface area (Å²) < 4.78 is 89.2. The Bertz CT molecular complexity index is 1610. The van der Waals surface area contributed by atoms with Crippen LogP contribution >= 0.6 is 11.3 Å². The number of nitrogens with zero attached hydrogens (tertiary/aromatic N) is 3. The molecule has 1 N–H and O–H groups in total. The summed E-state index contributed by atoms with van der Waals surface area (Å²) in [4.78, 5) is 20.4. The minimum Gasteiger partial charge on any atom is -0.497 e. The first kappa shape index (κ1) is 28.2. The van der Waals surface area contributed by atoms with E-state index in [9.17, 15) is 26.4 Å². The van der Waals surface area contributed by atoms with E-state index in [2.05, 4.69) is 15.3 Å². The first-order valence-corrected chi connectivity index (χ1v) is 14.0. The SMILES string of the molecule is CCCS(=O)(=O)N(Cc1ccc(OC)cc1)c1ccc(F)c(NC(=O)c2csc3c(C(F)F)ncnc23)c1F. The second kappa shape index (κ2) is 11.5. The molecule has 1 amide bonds. The van der Waals surface area contributed by atoms with Gasteiger partial charge in [0, 0.05) is 5.38 Å². The van der Waals surface area contributed by atoms with Crippen LogP contribution in [0.2, 0.25) is 0 Å². The summed E-state index contributed by atoms with van der Waals surface area (Å²) in [6.45, 7) is 1.37. The zero-order valence-corrected chi connectivity index (χ0v) is 22.3. The number of rotatable bonds is 10. The lowest BCUT2D eigenvalue weighted by atomic mass is 10.2. The Morgan fingerprint density at radius 1 is 1.13 bits per heavy atom. The molecule has 0 unspecified atom stereocenters. The summed E-state index contributed by atoms with van der Waals surface area (Å²) in [6, 6.07) is 8.24. The summed E-state index contributed by atoms with van der Waals surface area (Å²) in [5.74, 6) is -3.28. The Morgan fingerprint density at radius 2 is 1.85 bits per heavy atom. The van der Waals surface area contributed by atoms with Crippen LogP contribution in [0.4, 0.5) is 28.9 Å². The molecular formula is C25H22F4N4O4S2. The van der Waals surface area contributed by atoms with Gasteiger partial charge in [0.15, 0.2) is 5.82 Å². The van der Waals surface area contributed by atoms with E-state index in [4.69, 9.17) is 4.74 Å². The monoisotopic (exact) mass is 582 g/mol. The Morgan fingerprint density at radius 3 is 2.49 bits per heavy atom. The third-order valence-electron chi connectivity index (χ3n) is 5.69. The molecular weight excluding hydrogens is 560 g/mol. The van der Waals surface area contributed by atoms with E-state index in [0.29, 0.717) is 11.3 Å². The molecule has 0 aliphatic carbocycles. The normalized spacial score (nSPS) is 11.7. The van der Waals surface area contributed by atoms with Crippen molar-refractivity contribution < 1.29 is 35.5 Å². The smallest absolute Gasteiger partial charge is 0.281 e. The highest BCUT2D eigenvalue weighted by molar-refractivity contribution is 7.92. The van der Waals surface area contributed by atoms with Crippen molar-refractivity contribution in [1.29, 1.82) is 0 Å². The number of carbonyl (C=O) groups is 1. The van der Waals surface area contributed by atoms with Crippen molar-refractivity contribution in [2.24, 2.45) is 0 Å². The second-order valence-electron chi connectivity index (χ2n) is 8.27. The molecule has 0 fully saturated rings. The summed E-state index contributed by atoms with van der Waals surface area (Å²) in [6.07, 6.45) is -1.81. The van der Waals surface area contributed by atoms with Crippen LogP contribution in [0.25, 0.3) is 10.2 Å². The van der Waals surface area contributed by atoms with Crippen molar-refractivity contribution in [3.8, 4) is 5.75 Å². The van der Waals surface area contributed by atoms with Crippen LogP contribution in [0, 0.1) is 11.6 Å². The van der Waals surface area contributed by atoms with E-state index < -0.39 is 51.1 Å². The Balaban J connectivity index is 1.73. The number of anilines is 2. The number of hydrogen-bond acceptors (Lipinski definition) is 7. The van der Waals surface area contributed by atoms with Crippen LogP contribution in [-0.4, -0.2) is 37.2 Å². The van der Waals surface area contributed by atoms with E-state index in [0.717, 1.165) is 34.1 Å². The van der Waals surface area contributed by atoms with Gasteiger partial charge in [0.1, 0.15) is 29.3 Å². The summed E-state index contributed by atoms with van der Waals surface area (Å²) >= 11 is 0.787. The number of hydrogen-bond donors (Lipinski definition) is 1. The number of halogens is 4. The van der Waals surface area contributed by atoms with Crippen molar-refractivity contribution in [3.63, 3.8) is 0 Å². The fourth-order valence-electron chi connectivity index (χ4n) is 3.81. The molecule has 0 bridgehead atoms. The fourth-order valence-corrected chi connectivity index (χ4v) is 6.33. The molecule has 2 aromatic carbocycles. The Hall–Kier alpha value is -3.78. The van der Waals surface area contributed by atoms with Gasteiger partial charge in [0.2, 0.25) is 10.0 Å². The standard InChI is InChI=1S/C25H22F4N4O4S2/c1-3-10-39(35,36)33(11-14-4-6-15(37-2)7-5-14)18-9-8-17(26)21(19(18)27)32-25(34)16-12-38-23-20(16)30-13-31-22(23)24(28)29/h4-9,12-13,24H,3,10-11H2,1-2H3,(H,32,34). The van der Waals surface area contributed by atoms with Crippen LogP contribution in [0.1, 0.15) is 41.4 Å². The van der Waals surface area contributed by atoms with Crippen molar-refractivity contribution in [1.82, 2.24) is 9.97 Å². The molecule has 0 aliphatic rings. The quantitative estimate of drug-likeness (QED) is 0.233. The zero-order chi connectivity index (χ0) is 28.3. The molecule has 39 heavy (non-hydrogen) atoms. The van der Waals surface area contributed by atoms with Gasteiger partial charge in [-0.25, -0.2) is 35.9 Å². The molecule has 8 nitrogen and oxygen atoms in total. The number of ether oxygens (including phenoxy) is 1. The first-order chi connectivity index (χ1) is 18.6. The van der Waals surface area contributed by atoms with Gasteiger partial charge in [-0.15, -0.1) is 11.3 Å². The molecule has 0 spiro atoms. The topological polar surface area (TPSA) is 101 Å². The molecule has 0 saturated carbocycles. The van der Waals surface area contributed by atoms with Gasteiger partial charge in [-0.3, -0.25) is 9.10 Å². The van der Waals surface area contributed by atoms with Crippen LogP contribution < -0.4 is 14.4 Å². The van der Waals surface area contributed by atoms with Gasteiger partial charge < -0.3 is 10.1 Å². The number of aromatic nitrogens is 2. The molecule has 0 saturated heterocycles. The van der Waals surface area contributed by atoms with E-state index in [-0.39, 0.29) is 34.5 Å². The maximum absolute atomic E-state index is 15.8. The number of sulfonamides is 1. The van der Waals surface area contributed by atoms with Gasteiger partial charge >= 0.3 is 0 Å². The Labute approximate surface area is 225 Å². The lowest BCUT2D eigenvalue weighted by Gasteiger charge is -2.26. The number of alkyl halides is 2. The van der Waals surface area contributed by atoms with E-state index in [1.165, 1.54) is 12.5 Å². The number of thiophene rings is 1. The minimum absolute atomic E-state index is 0.0383. The Kier molecular flexibility index (Phi) is 8.35. The van der Waals surface area contributed by atoms with Crippen molar-refractivity contribution in [3.05, 3.63) is 76.6 Å². The number of amides is 1. The minimum atomic E-state index is -4.06. The van der Waals surface area contributed by atoms with Gasteiger partial charge in [-0.1, -0.05) is 19.1 Å². The van der Waals surface area contributed by atoms with Gasteiger partial charge in [0.25, 0.3) is 12.3 Å². The predicted molar refractivity (Wildman–Crippen MR) is 140 cm³/mol. The predicted octanol–water partition coefficient (Wildman–Crippen LogP) is 5.91. The highest BCUT2D eigenvalue weighted by atomic mass is 32.2. The van der Waals surface area contributed by atoms with Crippen LogP contribution in [0.3, 0.4) is 0 Å². The van der Waals surface area contributed by atoms with Gasteiger partial charge in [0.05, 0.1) is 40.9 Å². The number of carbonyl (C=O) groups excluding carboxylic acids is 1. The second-order valence-corrected chi connectivity index (χ2v) is 11.2. The van der Waals surface area contributed by atoms with Gasteiger partial charge in [-0.2, -0.15) is 0 Å². The largest absolute Gasteiger partial charge is 0.497 e. The number of benzene rings is 2. The number of methoxy groups -OCH3 is 1. The summed E-state index contributed by atoms with van der Waals surface area (Å²) in [7, 11) is -2.59. The molecule has 0 atom stereocenters. The van der Waals surface area contributed by atoms with Crippen molar-refractivity contribution >= 4 is 48.9 Å². The van der Waals surface area contributed by atoms with E-state index in [1.54, 1.807) is 31.2 Å². The first-order valence-electron chi connectivity index (χ1n) is 11.5. The summed E-state index contributed by atoms with van der Waals surface area (Å²) in [5.41, 5.74) is -1.74. The highest BCUT2D eigenvalue weighted by Crippen LogP contribution is 2.34. The average Bonchev–Trinajstić information content (AvgIpc) is 3.34. The van der Waals surface area contributed by atoms with Crippen LogP contribution in [0.15, 0.2) is 48.1 Å². The fraction of sp³-hybridized carbons (Fsp3) is 0.240. The van der Waals surface area contributed by atoms with E-state index in [1.807, 2.05) is 0 Å². The third kappa shape index (κ3) is 5.81. The number of fused-ring (bicyclic) bond motifs is 1. The maximum Gasteiger partial charge on any atom is 0.281 e. The van der Waals surface area contributed by atoms with Gasteiger partial charge in [-0.05, 0) is 36.2 Å². The third-order valence-corrected chi connectivity index (χ3v) is 8.61. The molecule has 206 valence electrons. The number of nitrogens with one attached hydrogen (secondary N) is 1. The maximum atomic E-state index is 15.8. The van der Waals surface area contributed by atoms with Crippen LogP contribution in [0.5, 0.6) is 5.75 Å². The molecule has 14 heteroatoms. The highest BCUT2D eigenvalue weighted by Gasteiger charge is 2.29.